The number of ether oxygens (including phenoxy) is 3. The van der Waals surface area contributed by atoms with Crippen molar-refractivity contribution in [1.29, 1.82) is 0 Å². The molecule has 8 nitrogen and oxygen atoms in total. The highest BCUT2D eigenvalue weighted by molar-refractivity contribution is 5.94. The summed E-state index contributed by atoms with van der Waals surface area (Å²) in [6.07, 6.45) is 2.12. The second kappa shape index (κ2) is 11.3. The molecule has 2 aromatic rings. The van der Waals surface area contributed by atoms with Gasteiger partial charge in [-0.25, -0.2) is 0 Å². The summed E-state index contributed by atoms with van der Waals surface area (Å²) in [7, 11) is 1.63. The normalized spacial score (nSPS) is 13.9. The largest absolute Gasteiger partial charge is 0.494 e. The van der Waals surface area contributed by atoms with Gasteiger partial charge >= 0.3 is 0 Å². The molecule has 0 aliphatic carbocycles. The van der Waals surface area contributed by atoms with E-state index in [0.717, 1.165) is 24.4 Å². The second-order valence-electron chi connectivity index (χ2n) is 7.08. The number of amides is 1. The van der Waals surface area contributed by atoms with Crippen molar-refractivity contribution >= 4 is 11.7 Å². The molecule has 1 fully saturated rings. The molecule has 8 heteroatoms. The Morgan fingerprint density at radius 3 is 2.33 bits per heavy atom. The fraction of sp³-hybridized carbons (Fsp3) is 0.500. The number of aromatic nitrogens is 2. The lowest BCUT2D eigenvalue weighted by molar-refractivity contribution is 0.0746. The molecule has 2 heterocycles. The molecule has 0 N–H and O–H groups in total. The van der Waals surface area contributed by atoms with E-state index in [2.05, 4.69) is 22.0 Å². The summed E-state index contributed by atoms with van der Waals surface area (Å²) >= 11 is 0. The molecule has 0 saturated carbocycles. The van der Waals surface area contributed by atoms with Crippen LogP contribution in [0.3, 0.4) is 0 Å². The number of nitrogens with zero attached hydrogens (tertiary/aromatic N) is 4. The maximum Gasteiger partial charge on any atom is 0.253 e. The predicted molar refractivity (Wildman–Crippen MR) is 114 cm³/mol. The smallest absolute Gasteiger partial charge is 0.253 e. The van der Waals surface area contributed by atoms with Crippen LogP contribution in [0.15, 0.2) is 36.4 Å². The van der Waals surface area contributed by atoms with Gasteiger partial charge in [-0.1, -0.05) is 13.3 Å². The third kappa shape index (κ3) is 6.06. The first-order chi connectivity index (χ1) is 14.7. The van der Waals surface area contributed by atoms with Crippen LogP contribution < -0.4 is 14.4 Å². The molecule has 0 radical (unpaired) electrons. The molecule has 1 aliphatic rings. The first kappa shape index (κ1) is 21.8. The van der Waals surface area contributed by atoms with Crippen LogP contribution in [0.2, 0.25) is 0 Å². The van der Waals surface area contributed by atoms with E-state index in [-0.39, 0.29) is 5.91 Å². The van der Waals surface area contributed by atoms with Crippen LogP contribution >= 0.6 is 0 Å². The average Bonchev–Trinajstić information content (AvgIpc) is 2.80. The van der Waals surface area contributed by atoms with Crippen molar-refractivity contribution in [3.8, 4) is 11.6 Å². The Morgan fingerprint density at radius 1 is 0.933 bits per heavy atom. The quantitative estimate of drug-likeness (QED) is 0.553. The summed E-state index contributed by atoms with van der Waals surface area (Å²) in [6, 6.07) is 11.1. The van der Waals surface area contributed by atoms with Crippen molar-refractivity contribution in [3.05, 3.63) is 42.0 Å². The van der Waals surface area contributed by atoms with Gasteiger partial charge in [-0.3, -0.25) is 4.79 Å². The molecule has 1 aromatic carbocycles. The highest BCUT2D eigenvalue weighted by atomic mass is 16.5. The lowest BCUT2D eigenvalue weighted by Gasteiger charge is -2.35. The van der Waals surface area contributed by atoms with Crippen molar-refractivity contribution in [2.45, 2.75) is 19.8 Å². The summed E-state index contributed by atoms with van der Waals surface area (Å²) in [4.78, 5) is 16.8. The van der Waals surface area contributed by atoms with Crippen LogP contribution in [0, 0.1) is 0 Å². The summed E-state index contributed by atoms with van der Waals surface area (Å²) in [6.45, 7) is 6.49. The van der Waals surface area contributed by atoms with E-state index in [1.54, 1.807) is 13.2 Å². The van der Waals surface area contributed by atoms with Crippen molar-refractivity contribution in [2.75, 3.05) is 58.0 Å². The predicted octanol–water partition coefficient (Wildman–Crippen LogP) is 2.64. The zero-order valence-corrected chi connectivity index (χ0v) is 17.7. The number of hydrogen-bond donors (Lipinski definition) is 0. The van der Waals surface area contributed by atoms with Gasteiger partial charge in [-0.05, 0) is 36.8 Å². The maximum absolute atomic E-state index is 12.8. The minimum atomic E-state index is 0.0442. The summed E-state index contributed by atoms with van der Waals surface area (Å²) in [5.41, 5.74) is 0.684. The molecule has 1 aliphatic heterocycles. The minimum absolute atomic E-state index is 0.0442. The Hall–Kier alpha value is -2.87. The maximum atomic E-state index is 12.8. The molecule has 0 atom stereocenters. The third-order valence-corrected chi connectivity index (χ3v) is 4.92. The molecule has 0 bridgehead atoms. The molecule has 1 amide bonds. The van der Waals surface area contributed by atoms with E-state index in [0.29, 0.717) is 57.4 Å². The van der Waals surface area contributed by atoms with Gasteiger partial charge in [-0.15, -0.1) is 10.2 Å². The molecule has 0 unspecified atom stereocenters. The number of unbranched alkanes of at least 4 members (excludes halogenated alkanes) is 1. The highest BCUT2D eigenvalue weighted by Crippen LogP contribution is 2.18. The number of hydrogen-bond acceptors (Lipinski definition) is 7. The van der Waals surface area contributed by atoms with E-state index in [1.165, 1.54) is 0 Å². The van der Waals surface area contributed by atoms with Gasteiger partial charge in [0.25, 0.3) is 5.91 Å². The number of methoxy groups -OCH3 is 1. The second-order valence-corrected chi connectivity index (χ2v) is 7.08. The van der Waals surface area contributed by atoms with Crippen LogP contribution in [-0.4, -0.2) is 74.1 Å². The van der Waals surface area contributed by atoms with Gasteiger partial charge in [0.05, 0.1) is 13.2 Å². The highest BCUT2D eigenvalue weighted by Gasteiger charge is 2.23. The van der Waals surface area contributed by atoms with E-state index in [4.69, 9.17) is 14.2 Å². The van der Waals surface area contributed by atoms with Crippen LogP contribution in [0.5, 0.6) is 11.6 Å². The van der Waals surface area contributed by atoms with Crippen molar-refractivity contribution in [2.24, 2.45) is 0 Å². The van der Waals surface area contributed by atoms with Crippen LogP contribution in [0.1, 0.15) is 30.1 Å². The zero-order chi connectivity index (χ0) is 21.2. The Balaban J connectivity index is 1.48. The standard InChI is InChI=1S/C22H30N4O4/c1-3-4-15-29-19-7-5-18(6-8-19)22(27)26-13-11-25(12-14-26)20-9-10-21(24-23-20)30-17-16-28-2/h5-10H,3-4,11-17H2,1-2H3. The van der Waals surface area contributed by atoms with Crippen LogP contribution in [0.25, 0.3) is 0 Å². The van der Waals surface area contributed by atoms with E-state index < -0.39 is 0 Å². The molecule has 1 aromatic heterocycles. The van der Waals surface area contributed by atoms with Crippen molar-refractivity contribution < 1.29 is 19.0 Å². The molecule has 1 saturated heterocycles. The summed E-state index contributed by atoms with van der Waals surface area (Å²) < 4.78 is 16.1. The molecular weight excluding hydrogens is 384 g/mol. The summed E-state index contributed by atoms with van der Waals surface area (Å²) in [5, 5.41) is 8.34. The molecular formula is C22H30N4O4. The van der Waals surface area contributed by atoms with E-state index in [9.17, 15) is 4.79 Å². The van der Waals surface area contributed by atoms with Gasteiger partial charge < -0.3 is 24.0 Å². The van der Waals surface area contributed by atoms with Gasteiger partial charge in [0.2, 0.25) is 5.88 Å². The molecule has 3 rings (SSSR count). The molecule has 162 valence electrons. The van der Waals surface area contributed by atoms with Gasteiger partial charge in [-0.2, -0.15) is 0 Å². The first-order valence-electron chi connectivity index (χ1n) is 10.4. The van der Waals surface area contributed by atoms with E-state index >= 15 is 0 Å². The number of benzene rings is 1. The van der Waals surface area contributed by atoms with Crippen LogP contribution in [-0.2, 0) is 4.74 Å². The minimum Gasteiger partial charge on any atom is -0.494 e. The Bertz CT molecular complexity index is 775. The average molecular weight is 415 g/mol. The third-order valence-electron chi connectivity index (χ3n) is 4.92. The van der Waals surface area contributed by atoms with E-state index in [1.807, 2.05) is 35.2 Å². The molecule has 30 heavy (non-hydrogen) atoms. The Labute approximate surface area is 177 Å². The number of rotatable bonds is 10. The lowest BCUT2D eigenvalue weighted by atomic mass is 10.1. The summed E-state index contributed by atoms with van der Waals surface area (Å²) in [5.74, 6) is 2.11. The van der Waals surface area contributed by atoms with Crippen molar-refractivity contribution in [1.82, 2.24) is 15.1 Å². The zero-order valence-electron chi connectivity index (χ0n) is 17.7. The fourth-order valence-electron chi connectivity index (χ4n) is 3.14. The van der Waals surface area contributed by atoms with Crippen LogP contribution in [0.4, 0.5) is 5.82 Å². The monoisotopic (exact) mass is 414 g/mol. The number of carbonyl (C=O) groups excluding carboxylic acids is 1. The lowest BCUT2D eigenvalue weighted by Crippen LogP contribution is -2.49. The SMILES string of the molecule is CCCCOc1ccc(C(=O)N2CCN(c3ccc(OCCOC)nn3)CC2)cc1. The topological polar surface area (TPSA) is 77.0 Å². The fourth-order valence-corrected chi connectivity index (χ4v) is 3.14. The molecule has 0 spiro atoms. The number of carbonyl (C=O) groups is 1. The van der Waals surface area contributed by atoms with Crippen molar-refractivity contribution in [3.63, 3.8) is 0 Å². The number of anilines is 1. The number of piperazine rings is 1. The first-order valence-corrected chi connectivity index (χ1v) is 10.4. The Morgan fingerprint density at radius 2 is 1.70 bits per heavy atom. The van der Waals surface area contributed by atoms with Gasteiger partial charge in [0.1, 0.15) is 12.4 Å². The Kier molecular flexibility index (Phi) is 8.26. The van der Waals surface area contributed by atoms with Gasteiger partial charge in [0.15, 0.2) is 5.82 Å². The van der Waals surface area contributed by atoms with Gasteiger partial charge in [0, 0.05) is 44.9 Å².